The molecular weight excluding hydrogens is 1770 g/mol. The maximum absolute atomic E-state index is 4.69. The molecule has 5 heterocycles. The zero-order valence-corrected chi connectivity index (χ0v) is 66.4. The van der Waals surface area contributed by atoms with Crippen molar-refractivity contribution in [3.05, 3.63) is 143 Å². The number of hydrogen-bond donors (Lipinski definition) is 0. The van der Waals surface area contributed by atoms with Crippen LogP contribution in [0, 0.1) is 2.88 Å². The van der Waals surface area contributed by atoms with E-state index in [0.29, 0.717) is 0 Å². The topological polar surface area (TPSA) is 4.93 Å². The molecule has 10 rings (SSSR count). The fraction of sp³-hybridized carbons (Fsp3) is 0.0270. The van der Waals surface area contributed by atoms with Crippen molar-refractivity contribution in [2.75, 3.05) is 0 Å². The second-order valence-corrected chi connectivity index (χ2v) is 58.2. The lowest BCUT2D eigenvalue weighted by Crippen LogP contribution is -1.90. The summed E-state index contributed by atoms with van der Waals surface area (Å²) in [6.45, 7) is 0. The summed E-state index contributed by atoms with van der Waals surface area (Å²) in [6.07, 6.45) is 1.10. The largest absolute Gasteiger partial charge is 0.300 e. The molecule has 0 aliphatic heterocycles. The Bertz CT molecular complexity index is 4250. The van der Waals surface area contributed by atoms with Gasteiger partial charge in [-0.05, 0) is 118 Å². The third-order valence-corrected chi connectivity index (χ3v) is 59.4. The molecule has 9 aromatic rings. The summed E-state index contributed by atoms with van der Waals surface area (Å²) in [5, 5.41) is 8.16. The van der Waals surface area contributed by atoms with E-state index in [0.717, 1.165) is 6.42 Å². The number of thiophene rings is 4. The van der Waals surface area contributed by atoms with E-state index in [9.17, 15) is 0 Å². The normalized spacial score (nSPS) is 9.85. The Morgan fingerprint density at radius 1 is 0.411 bits per heavy atom. The summed E-state index contributed by atoms with van der Waals surface area (Å²) in [7, 11) is 34.7. The Hall–Kier alpha value is 3.85. The quantitative estimate of drug-likeness (QED) is 0.150. The van der Waals surface area contributed by atoms with E-state index in [1.54, 1.807) is 156 Å². The Morgan fingerprint density at radius 3 is 1.15 bits per heavy atom. The molecule has 0 fully saturated rings. The molecule has 0 bridgehead atoms. The van der Waals surface area contributed by atoms with Gasteiger partial charge in [-0.15, -0.1) is 45.3 Å². The Labute approximate surface area is 561 Å². The lowest BCUT2D eigenvalue weighted by Gasteiger charge is -2.05. The minimum Gasteiger partial charge on any atom is -0.300 e. The van der Waals surface area contributed by atoms with Gasteiger partial charge in [-0.3, -0.25) is 4.57 Å². The van der Waals surface area contributed by atoms with Crippen LogP contribution in [0.4, 0.5) is 0 Å². The third-order valence-electron chi connectivity index (χ3n) is 8.44. The van der Waals surface area contributed by atoms with Gasteiger partial charge in [-0.25, -0.2) is 0 Å². The van der Waals surface area contributed by atoms with Crippen LogP contribution in [0.25, 0.3) is 56.7 Å². The molecule has 1 aliphatic rings. The molecule has 4 aromatic carbocycles. The number of nitrogens with zero attached hydrogens (tertiary/aromatic N) is 1. The molecule has 1 nitrogen and oxygen atoms in total. The van der Waals surface area contributed by atoms with Crippen molar-refractivity contribution in [2.24, 2.45) is 0 Å². The molecule has 0 atom stereocenters. The summed E-state index contributed by atoms with van der Waals surface area (Å²) in [5.74, 6) is 0. The second-order valence-electron chi connectivity index (χ2n) is 12.0. The fourth-order valence-electron chi connectivity index (χ4n) is 6.10. The van der Waals surface area contributed by atoms with Gasteiger partial charge in [-0.1, -0.05) is 84.9 Å². The molecule has 5 aromatic heterocycles. The van der Waals surface area contributed by atoms with E-state index in [1.807, 2.05) is 22.7 Å². The molecule has 0 amide bonds. The highest BCUT2D eigenvalue weighted by atomic mass is 127. The van der Waals surface area contributed by atoms with Gasteiger partial charge in [0.25, 0.3) is 0 Å². The van der Waals surface area contributed by atoms with Crippen LogP contribution in [-0.4, -0.2) is 4.57 Å². The highest BCUT2D eigenvalue weighted by Crippen LogP contribution is 2.44. The number of hydrogen-bond acceptors (Lipinski definition) is 10. The summed E-state index contributed by atoms with van der Waals surface area (Å²) in [4.78, 5) is 0. The number of benzene rings is 4. The SMILES string of the molecule is Brc1c(-n2c3ccccc3c3ccccc32)sc2ccsc12.Brc1c(I)sc2ccsc12.S=S=S=S=S.S=S=S=S=S=S=S=S=S=S=S.S=S=S=S=S=S=S=S=S=S=S=S.c1ccc2c(c1)Cc1ccccc1-2. The van der Waals surface area contributed by atoms with Crippen LogP contribution in [-0.2, 0) is 269 Å². The minimum atomic E-state index is 1.10. The molecule has 1 aliphatic carbocycles. The zero-order chi connectivity index (χ0) is 52.0. The van der Waals surface area contributed by atoms with Gasteiger partial charge in [0.05, 0.1) is 32.3 Å². The molecular formula is C37H22Br2INS32. The van der Waals surface area contributed by atoms with Crippen LogP contribution >= 0.6 is 99.8 Å². The maximum atomic E-state index is 4.69. The lowest BCUT2D eigenvalue weighted by molar-refractivity contribution is 1.22. The van der Waals surface area contributed by atoms with Crippen molar-refractivity contribution in [1.29, 1.82) is 0 Å². The van der Waals surface area contributed by atoms with E-state index < -0.39 is 0 Å². The second kappa shape index (κ2) is 41.0. The lowest BCUT2D eigenvalue weighted by atomic mass is 10.1. The number of halogens is 3. The third kappa shape index (κ3) is 22.7. The Balaban J connectivity index is 0.000000171. The maximum Gasteiger partial charge on any atom is 0.117 e. The molecule has 73 heavy (non-hydrogen) atoms. The Morgan fingerprint density at radius 2 is 0.767 bits per heavy atom. The minimum absolute atomic E-state index is 1.10. The van der Waals surface area contributed by atoms with Gasteiger partial charge in [0.15, 0.2) is 0 Å². The molecule has 388 valence electrons. The summed E-state index contributed by atoms with van der Waals surface area (Å²) >= 11 is 44.6. The number of aromatic nitrogens is 1. The van der Waals surface area contributed by atoms with Crippen molar-refractivity contribution < 1.29 is 0 Å². The van der Waals surface area contributed by atoms with Crippen molar-refractivity contribution in [2.45, 2.75) is 6.42 Å². The highest BCUT2D eigenvalue weighted by molar-refractivity contribution is 14.1. The van der Waals surface area contributed by atoms with Crippen molar-refractivity contribution in [3.63, 3.8) is 0 Å². The van der Waals surface area contributed by atoms with E-state index in [1.165, 1.54) is 142 Å². The summed E-state index contributed by atoms with van der Waals surface area (Å²) < 4.78 is 11.6. The number of rotatable bonds is 1. The van der Waals surface area contributed by atoms with Crippen LogP contribution in [0.5, 0.6) is 0 Å². The number of para-hydroxylation sites is 2. The molecule has 36 heteroatoms. The standard InChI is InChI=1S/C18H10BrNS2.C13H10.C6H2BrIS2.S12.S11.S5/c19-16-17-15(9-10-21-17)22-18(16)20-13-7-3-1-5-11(13)12-6-2-4-8-14(12)20;1-3-7-12-10(5-1)9-11-6-2-4-8-13(11)12;7-4-5-3(1-2-9-5)10-6(4)8;1-3-5-7-9-11-12-10-8-6-4-2;1-3-5-7-9-11-10-8-6-4-2;1-3-5-4-2/h1-10H;1-8H,9H2;1-2H;;;. The van der Waals surface area contributed by atoms with Crippen LogP contribution in [0.2, 0.25) is 0 Å². The first kappa shape index (κ1) is 67.6. The average Bonchev–Trinajstić information content (AvgIpc) is 4.29. The van der Waals surface area contributed by atoms with Gasteiger partial charge in [-0.2, -0.15) is 0 Å². The van der Waals surface area contributed by atoms with Gasteiger partial charge in [0.1, 0.15) is 5.00 Å². The van der Waals surface area contributed by atoms with Crippen molar-refractivity contribution in [3.8, 4) is 16.1 Å². The molecule has 0 spiro atoms. The van der Waals surface area contributed by atoms with E-state index in [4.69, 9.17) is 0 Å². The smallest absolute Gasteiger partial charge is 0.117 e. The van der Waals surface area contributed by atoms with Gasteiger partial charge in [0, 0.05) is 283 Å². The first-order valence-corrected chi connectivity index (χ1v) is 57.8. The monoisotopic (exact) mass is 1790 g/mol. The van der Waals surface area contributed by atoms with E-state index >= 15 is 0 Å². The molecule has 0 saturated heterocycles. The summed E-state index contributed by atoms with van der Waals surface area (Å²) in [6, 6.07) is 38.9. The first-order chi connectivity index (χ1) is 35.8. The zero-order valence-electron chi connectivity index (χ0n) is 34.9. The first-order valence-electron chi connectivity index (χ1n) is 18.4. The van der Waals surface area contributed by atoms with Gasteiger partial charge in [0.2, 0.25) is 0 Å². The summed E-state index contributed by atoms with van der Waals surface area (Å²) in [5.41, 5.74) is 8.28. The predicted molar refractivity (Wildman–Crippen MR) is 423 cm³/mol. The van der Waals surface area contributed by atoms with Crippen molar-refractivity contribution >= 4 is 403 Å². The molecule has 0 N–H and O–H groups in total. The van der Waals surface area contributed by atoms with E-state index in [2.05, 4.69) is 246 Å². The predicted octanol–water partition coefficient (Wildman–Crippen LogP) is 14.3. The number of fused-ring (bicyclic) bond motifs is 8. The molecule has 0 saturated carbocycles. The Kier molecular flexibility index (Phi) is 38.0. The van der Waals surface area contributed by atoms with Gasteiger partial charge >= 0.3 is 0 Å². The fourth-order valence-corrected chi connectivity index (χ4v) is 57.1. The van der Waals surface area contributed by atoms with Crippen molar-refractivity contribution in [1.82, 2.24) is 4.57 Å². The van der Waals surface area contributed by atoms with Crippen LogP contribution < -0.4 is 0 Å². The van der Waals surface area contributed by atoms with Crippen LogP contribution in [0.15, 0.2) is 129 Å². The van der Waals surface area contributed by atoms with Crippen LogP contribution in [0.3, 0.4) is 0 Å². The highest BCUT2D eigenvalue weighted by Gasteiger charge is 2.18. The molecule has 0 radical (unpaired) electrons. The van der Waals surface area contributed by atoms with Gasteiger partial charge < -0.3 is 0 Å². The van der Waals surface area contributed by atoms with E-state index in [-0.39, 0.29) is 0 Å². The van der Waals surface area contributed by atoms with Crippen LogP contribution in [0.1, 0.15) is 11.1 Å². The average molecular weight is 1790 g/mol. The molecule has 0 unspecified atom stereocenters.